The molecule has 7 heteroatoms. The van der Waals surface area contributed by atoms with Crippen LogP contribution in [-0.4, -0.2) is 38.2 Å². The van der Waals surface area contributed by atoms with Gasteiger partial charge in [-0.2, -0.15) is 0 Å². The number of nitrogens with zero attached hydrogens (tertiary/aromatic N) is 4. The quantitative estimate of drug-likeness (QED) is 0.445. The lowest BCUT2D eigenvalue weighted by Crippen LogP contribution is -2.16. The maximum atomic E-state index is 9.62. The highest BCUT2D eigenvalue weighted by molar-refractivity contribution is 7.19. The van der Waals surface area contributed by atoms with Crippen molar-refractivity contribution >= 4 is 27.4 Å². The Morgan fingerprint density at radius 3 is 2.74 bits per heavy atom. The summed E-state index contributed by atoms with van der Waals surface area (Å²) in [5, 5.41) is 14.4. The number of nitrogens with one attached hydrogen (secondary N) is 1. The monoisotopic (exact) mass is 431 g/mol. The number of aryl methyl sites for hydroxylation is 2. The molecule has 0 bridgehead atoms. The van der Waals surface area contributed by atoms with Crippen molar-refractivity contribution < 1.29 is 5.11 Å². The molecular weight excluding hydrogens is 406 g/mol. The minimum absolute atomic E-state index is 0.152. The van der Waals surface area contributed by atoms with Gasteiger partial charge in [-0.1, -0.05) is 30.3 Å². The van der Waals surface area contributed by atoms with Gasteiger partial charge in [0.25, 0.3) is 0 Å². The number of hydrogen-bond acceptors (Lipinski definition) is 7. The zero-order chi connectivity index (χ0) is 21.0. The van der Waals surface area contributed by atoms with E-state index in [1.165, 1.54) is 28.8 Å². The van der Waals surface area contributed by atoms with Crippen molar-refractivity contribution in [2.45, 2.75) is 38.0 Å². The molecule has 4 aromatic rings. The third kappa shape index (κ3) is 4.16. The van der Waals surface area contributed by atoms with E-state index in [2.05, 4.69) is 27.4 Å². The Hall–Kier alpha value is -2.90. The number of aliphatic hydroxyl groups excluding tert-OH is 1. The Bertz CT molecular complexity index is 1160. The highest BCUT2D eigenvalue weighted by Gasteiger charge is 2.22. The van der Waals surface area contributed by atoms with Gasteiger partial charge in [-0.15, -0.1) is 11.3 Å². The lowest BCUT2D eigenvalue weighted by molar-refractivity contribution is 0.277. The highest BCUT2D eigenvalue weighted by Crippen LogP contribution is 2.39. The average Bonchev–Trinajstić information content (AvgIpc) is 3.21. The normalized spacial score (nSPS) is 14.4. The van der Waals surface area contributed by atoms with Gasteiger partial charge in [0, 0.05) is 36.3 Å². The molecule has 1 unspecified atom stereocenters. The van der Waals surface area contributed by atoms with E-state index in [1.807, 2.05) is 18.2 Å². The Kier molecular flexibility index (Phi) is 5.86. The molecule has 3 heterocycles. The van der Waals surface area contributed by atoms with Crippen LogP contribution in [0, 0.1) is 0 Å². The predicted molar refractivity (Wildman–Crippen MR) is 124 cm³/mol. The third-order valence-corrected chi connectivity index (χ3v) is 7.06. The van der Waals surface area contributed by atoms with E-state index in [4.69, 9.17) is 9.97 Å². The van der Waals surface area contributed by atoms with E-state index in [9.17, 15) is 5.11 Å². The molecule has 3 aromatic heterocycles. The second kappa shape index (κ2) is 9.08. The molecular formula is C24H25N5OS. The van der Waals surface area contributed by atoms with Crippen molar-refractivity contribution in [1.29, 1.82) is 0 Å². The molecule has 1 atom stereocenters. The van der Waals surface area contributed by atoms with E-state index in [0.29, 0.717) is 24.5 Å². The summed E-state index contributed by atoms with van der Waals surface area (Å²) in [5.41, 5.74) is 3.29. The van der Waals surface area contributed by atoms with Crippen LogP contribution in [-0.2, 0) is 12.8 Å². The number of anilines is 1. The van der Waals surface area contributed by atoms with Gasteiger partial charge in [-0.25, -0.2) is 15.0 Å². The molecule has 0 saturated carbocycles. The van der Waals surface area contributed by atoms with Crippen molar-refractivity contribution in [3.05, 3.63) is 64.9 Å². The zero-order valence-corrected chi connectivity index (χ0v) is 18.1. The first-order chi connectivity index (χ1) is 15.3. The number of aromatic nitrogens is 4. The summed E-state index contributed by atoms with van der Waals surface area (Å²) in [6.45, 7) is 0.848. The van der Waals surface area contributed by atoms with E-state index in [-0.39, 0.29) is 12.5 Å². The number of fused-ring (bicyclic) bond motifs is 3. The van der Waals surface area contributed by atoms with Gasteiger partial charge in [-0.05, 0) is 43.2 Å². The fourth-order valence-electron chi connectivity index (χ4n) is 4.30. The van der Waals surface area contributed by atoms with Gasteiger partial charge in [0.05, 0.1) is 11.6 Å². The maximum Gasteiger partial charge on any atom is 0.183 e. The molecule has 1 aliphatic carbocycles. The molecule has 0 amide bonds. The van der Waals surface area contributed by atoms with Crippen LogP contribution in [0.1, 0.15) is 41.2 Å². The van der Waals surface area contributed by atoms with Crippen LogP contribution in [0.2, 0.25) is 0 Å². The molecule has 0 aliphatic heterocycles. The molecule has 0 spiro atoms. The maximum absolute atomic E-state index is 9.62. The summed E-state index contributed by atoms with van der Waals surface area (Å²) in [6.07, 6.45) is 10.4. The van der Waals surface area contributed by atoms with Crippen molar-refractivity contribution in [1.82, 2.24) is 19.9 Å². The SMILES string of the molecule is OCCC(CNc1nc(-c2cnccn2)nc2sc3c(c12)CCCC3)c1ccccc1. The van der Waals surface area contributed by atoms with E-state index in [0.717, 1.165) is 28.9 Å². The summed E-state index contributed by atoms with van der Waals surface area (Å²) in [6, 6.07) is 10.4. The Morgan fingerprint density at radius 2 is 1.94 bits per heavy atom. The first-order valence-corrected chi connectivity index (χ1v) is 11.6. The minimum atomic E-state index is 0.152. The van der Waals surface area contributed by atoms with Crippen LogP contribution < -0.4 is 5.32 Å². The van der Waals surface area contributed by atoms with Gasteiger partial charge in [-0.3, -0.25) is 4.98 Å². The standard InChI is InChI=1S/C24H25N5OS/c30-13-10-17(16-6-2-1-3-7-16)14-27-23-21-18-8-4-5-9-20(18)31-24(21)29-22(28-23)19-15-25-11-12-26-19/h1-3,6-7,11-12,15,17,30H,4-5,8-10,13-14H2,(H,27,28,29). The number of thiophene rings is 1. The predicted octanol–water partition coefficient (Wildman–Crippen LogP) is 4.61. The van der Waals surface area contributed by atoms with E-state index >= 15 is 0 Å². The molecule has 31 heavy (non-hydrogen) atoms. The van der Waals surface area contributed by atoms with Crippen LogP contribution in [0.3, 0.4) is 0 Å². The molecule has 0 fully saturated rings. The molecule has 0 saturated heterocycles. The molecule has 1 aromatic carbocycles. The van der Waals surface area contributed by atoms with Crippen LogP contribution in [0.4, 0.5) is 5.82 Å². The van der Waals surface area contributed by atoms with Crippen LogP contribution in [0.25, 0.3) is 21.7 Å². The Balaban J connectivity index is 1.54. The second-order valence-corrected chi connectivity index (χ2v) is 8.96. The van der Waals surface area contributed by atoms with Crippen molar-refractivity contribution in [2.75, 3.05) is 18.5 Å². The fraction of sp³-hybridized carbons (Fsp3) is 0.333. The topological polar surface area (TPSA) is 83.8 Å². The molecule has 5 rings (SSSR count). The largest absolute Gasteiger partial charge is 0.396 e. The number of aliphatic hydroxyl groups is 1. The third-order valence-electron chi connectivity index (χ3n) is 5.87. The average molecular weight is 432 g/mol. The van der Waals surface area contributed by atoms with Gasteiger partial charge in [0.15, 0.2) is 5.82 Å². The zero-order valence-electron chi connectivity index (χ0n) is 17.3. The molecule has 0 radical (unpaired) electrons. The number of rotatable bonds is 7. The summed E-state index contributed by atoms with van der Waals surface area (Å²) in [7, 11) is 0. The summed E-state index contributed by atoms with van der Waals surface area (Å²) >= 11 is 1.78. The van der Waals surface area contributed by atoms with Crippen LogP contribution in [0.5, 0.6) is 0 Å². The van der Waals surface area contributed by atoms with Crippen molar-refractivity contribution in [3.63, 3.8) is 0 Å². The molecule has 158 valence electrons. The van der Waals surface area contributed by atoms with Gasteiger partial charge in [0.1, 0.15) is 16.3 Å². The first kappa shape index (κ1) is 20.0. The number of benzene rings is 1. The second-order valence-electron chi connectivity index (χ2n) is 7.88. The van der Waals surface area contributed by atoms with Crippen molar-refractivity contribution in [2.24, 2.45) is 0 Å². The molecule has 1 aliphatic rings. The van der Waals surface area contributed by atoms with Gasteiger partial charge >= 0.3 is 0 Å². The van der Waals surface area contributed by atoms with Crippen LogP contribution in [0.15, 0.2) is 48.9 Å². The number of hydrogen-bond donors (Lipinski definition) is 2. The summed E-state index contributed by atoms with van der Waals surface area (Å²) < 4.78 is 0. The van der Waals surface area contributed by atoms with E-state index in [1.54, 1.807) is 29.9 Å². The van der Waals surface area contributed by atoms with Crippen LogP contribution >= 0.6 is 11.3 Å². The Labute approximate surface area is 185 Å². The summed E-state index contributed by atoms with van der Waals surface area (Å²) in [5.74, 6) is 1.66. The first-order valence-electron chi connectivity index (χ1n) is 10.8. The minimum Gasteiger partial charge on any atom is -0.396 e. The Morgan fingerprint density at radius 1 is 1.06 bits per heavy atom. The molecule has 2 N–H and O–H groups in total. The van der Waals surface area contributed by atoms with Gasteiger partial charge < -0.3 is 10.4 Å². The van der Waals surface area contributed by atoms with Crippen molar-refractivity contribution in [3.8, 4) is 11.5 Å². The fourth-order valence-corrected chi connectivity index (χ4v) is 5.56. The smallest absolute Gasteiger partial charge is 0.183 e. The lowest BCUT2D eigenvalue weighted by atomic mass is 9.95. The van der Waals surface area contributed by atoms with E-state index < -0.39 is 0 Å². The lowest BCUT2D eigenvalue weighted by Gasteiger charge is -2.19. The highest BCUT2D eigenvalue weighted by atomic mass is 32.1. The molecule has 6 nitrogen and oxygen atoms in total. The summed E-state index contributed by atoms with van der Waals surface area (Å²) in [4.78, 5) is 20.8. The van der Waals surface area contributed by atoms with Gasteiger partial charge in [0.2, 0.25) is 0 Å².